The Labute approximate surface area is 93.2 Å². The summed E-state index contributed by atoms with van der Waals surface area (Å²) < 4.78 is 0. The average molecular weight is 216 g/mol. The number of rotatable bonds is 2. The number of aromatic nitrogens is 3. The zero-order valence-corrected chi connectivity index (χ0v) is 9.10. The molecule has 0 radical (unpaired) electrons. The highest BCUT2D eigenvalue weighted by Gasteiger charge is 2.08. The summed E-state index contributed by atoms with van der Waals surface area (Å²) in [5, 5.41) is 12.6. The highest BCUT2D eigenvalue weighted by molar-refractivity contribution is 5.63. The van der Waals surface area contributed by atoms with Crippen molar-refractivity contribution in [2.45, 2.75) is 6.92 Å². The average Bonchev–Trinajstić information content (AvgIpc) is 2.28. The van der Waals surface area contributed by atoms with Crippen LogP contribution in [-0.4, -0.2) is 27.1 Å². The van der Waals surface area contributed by atoms with E-state index in [1.54, 1.807) is 32.2 Å². The molecule has 2 aromatic rings. The number of nitrogens with zero attached hydrogens (tertiary/aromatic N) is 3. The lowest BCUT2D eigenvalue weighted by molar-refractivity contribution is 0.477. The van der Waals surface area contributed by atoms with Gasteiger partial charge in [-0.05, 0) is 19.1 Å². The lowest BCUT2D eigenvalue weighted by Gasteiger charge is -2.05. The third-order valence-electron chi connectivity index (χ3n) is 2.12. The van der Waals surface area contributed by atoms with Gasteiger partial charge in [0.15, 0.2) is 5.82 Å². The van der Waals surface area contributed by atoms with Crippen LogP contribution in [0.2, 0.25) is 0 Å². The first-order valence-corrected chi connectivity index (χ1v) is 4.89. The number of benzene rings is 1. The minimum atomic E-state index is 0.162. The van der Waals surface area contributed by atoms with Crippen LogP contribution in [0.25, 0.3) is 11.4 Å². The van der Waals surface area contributed by atoms with Crippen LogP contribution in [0.1, 0.15) is 5.82 Å². The highest BCUT2D eigenvalue weighted by Crippen LogP contribution is 2.25. The van der Waals surface area contributed by atoms with E-state index in [0.29, 0.717) is 23.2 Å². The molecule has 1 heterocycles. The molecule has 5 nitrogen and oxygen atoms in total. The van der Waals surface area contributed by atoms with Crippen LogP contribution in [0.3, 0.4) is 0 Å². The third kappa shape index (κ3) is 1.93. The van der Waals surface area contributed by atoms with E-state index in [2.05, 4.69) is 20.3 Å². The molecule has 0 bridgehead atoms. The number of phenolic OH excluding ortho intramolecular Hbond substituents is 1. The summed E-state index contributed by atoms with van der Waals surface area (Å²) in [7, 11) is 1.74. The third-order valence-corrected chi connectivity index (χ3v) is 2.12. The minimum absolute atomic E-state index is 0.162. The van der Waals surface area contributed by atoms with Gasteiger partial charge < -0.3 is 10.4 Å². The molecule has 82 valence electrons. The maximum absolute atomic E-state index is 9.70. The maximum atomic E-state index is 9.70. The molecule has 1 aromatic carbocycles. The lowest BCUT2D eigenvalue weighted by atomic mass is 10.2. The first-order chi connectivity index (χ1) is 7.70. The van der Waals surface area contributed by atoms with Gasteiger partial charge >= 0.3 is 0 Å². The van der Waals surface area contributed by atoms with Gasteiger partial charge in [-0.2, -0.15) is 9.97 Å². The van der Waals surface area contributed by atoms with Gasteiger partial charge in [-0.15, -0.1) is 0 Å². The van der Waals surface area contributed by atoms with Gasteiger partial charge in [-0.3, -0.25) is 0 Å². The highest BCUT2D eigenvalue weighted by atomic mass is 16.3. The van der Waals surface area contributed by atoms with Crippen molar-refractivity contribution in [1.29, 1.82) is 0 Å². The van der Waals surface area contributed by atoms with Crippen LogP contribution < -0.4 is 5.32 Å². The maximum Gasteiger partial charge on any atom is 0.226 e. The molecule has 16 heavy (non-hydrogen) atoms. The Hall–Kier alpha value is -2.17. The Bertz CT molecular complexity index is 513. The number of hydrogen-bond acceptors (Lipinski definition) is 5. The summed E-state index contributed by atoms with van der Waals surface area (Å²) in [5.41, 5.74) is 0.601. The van der Waals surface area contributed by atoms with Gasteiger partial charge in [0.25, 0.3) is 0 Å². The van der Waals surface area contributed by atoms with Crippen molar-refractivity contribution in [1.82, 2.24) is 15.0 Å². The molecule has 0 amide bonds. The molecule has 2 N–H and O–H groups in total. The van der Waals surface area contributed by atoms with E-state index in [9.17, 15) is 5.11 Å². The molecule has 0 spiro atoms. The van der Waals surface area contributed by atoms with Gasteiger partial charge in [0, 0.05) is 7.05 Å². The Morgan fingerprint density at radius 3 is 2.56 bits per heavy atom. The largest absolute Gasteiger partial charge is 0.507 e. The van der Waals surface area contributed by atoms with Gasteiger partial charge in [-0.1, -0.05) is 12.1 Å². The van der Waals surface area contributed by atoms with Crippen LogP contribution in [0, 0.1) is 6.92 Å². The summed E-state index contributed by atoms with van der Waals surface area (Å²) >= 11 is 0. The van der Waals surface area contributed by atoms with Gasteiger partial charge in [-0.25, -0.2) is 4.98 Å². The van der Waals surface area contributed by atoms with Gasteiger partial charge in [0.05, 0.1) is 5.56 Å². The van der Waals surface area contributed by atoms with Crippen molar-refractivity contribution in [3.8, 4) is 17.1 Å². The quantitative estimate of drug-likeness (QED) is 0.797. The van der Waals surface area contributed by atoms with Crippen molar-refractivity contribution in [3.63, 3.8) is 0 Å². The molecular weight excluding hydrogens is 204 g/mol. The summed E-state index contributed by atoms with van der Waals surface area (Å²) in [4.78, 5) is 12.5. The second kappa shape index (κ2) is 4.14. The number of nitrogens with one attached hydrogen (secondary N) is 1. The topological polar surface area (TPSA) is 70.9 Å². The molecule has 0 aliphatic rings. The molecule has 0 aliphatic carbocycles. The number of hydrogen-bond donors (Lipinski definition) is 2. The molecule has 0 aliphatic heterocycles. The fraction of sp³-hybridized carbons (Fsp3) is 0.182. The molecule has 0 unspecified atom stereocenters. The van der Waals surface area contributed by atoms with Crippen molar-refractivity contribution >= 4 is 5.95 Å². The minimum Gasteiger partial charge on any atom is -0.507 e. The van der Waals surface area contributed by atoms with E-state index < -0.39 is 0 Å². The molecule has 0 saturated heterocycles. The first-order valence-electron chi connectivity index (χ1n) is 4.89. The zero-order valence-electron chi connectivity index (χ0n) is 9.10. The summed E-state index contributed by atoms with van der Waals surface area (Å²) in [6.07, 6.45) is 0. The smallest absolute Gasteiger partial charge is 0.226 e. The Morgan fingerprint density at radius 2 is 1.88 bits per heavy atom. The predicted molar refractivity (Wildman–Crippen MR) is 61.2 cm³/mol. The van der Waals surface area contributed by atoms with Crippen molar-refractivity contribution in [2.75, 3.05) is 12.4 Å². The molecular formula is C11H12N4O. The van der Waals surface area contributed by atoms with Crippen LogP contribution in [0.5, 0.6) is 5.75 Å². The first kappa shape index (κ1) is 10.4. The van der Waals surface area contributed by atoms with Crippen LogP contribution in [0.4, 0.5) is 5.95 Å². The van der Waals surface area contributed by atoms with E-state index in [4.69, 9.17) is 0 Å². The summed E-state index contributed by atoms with van der Waals surface area (Å²) in [6.45, 7) is 1.78. The standard InChI is InChI=1S/C11H12N4O/c1-7-13-10(15-11(12-2)14-7)8-5-3-4-6-9(8)16/h3-6,16H,1-2H3,(H,12,13,14,15). The van der Waals surface area contributed by atoms with Gasteiger partial charge in [0.1, 0.15) is 11.6 Å². The van der Waals surface area contributed by atoms with Crippen LogP contribution in [0.15, 0.2) is 24.3 Å². The summed E-state index contributed by atoms with van der Waals surface area (Å²) in [5.74, 6) is 1.73. The zero-order chi connectivity index (χ0) is 11.5. The molecule has 1 aromatic heterocycles. The molecule has 0 saturated carbocycles. The van der Waals surface area contributed by atoms with Crippen LogP contribution >= 0.6 is 0 Å². The molecule has 5 heteroatoms. The lowest BCUT2D eigenvalue weighted by Crippen LogP contribution is -2.02. The molecule has 0 fully saturated rings. The Morgan fingerprint density at radius 1 is 1.12 bits per heavy atom. The number of aromatic hydroxyl groups is 1. The fourth-order valence-corrected chi connectivity index (χ4v) is 1.38. The van der Waals surface area contributed by atoms with Gasteiger partial charge in [0.2, 0.25) is 5.95 Å². The number of anilines is 1. The van der Waals surface area contributed by atoms with E-state index in [0.717, 1.165) is 0 Å². The van der Waals surface area contributed by atoms with E-state index in [-0.39, 0.29) is 5.75 Å². The Balaban J connectivity index is 2.56. The van der Waals surface area contributed by atoms with Crippen molar-refractivity contribution in [3.05, 3.63) is 30.1 Å². The SMILES string of the molecule is CNc1nc(C)nc(-c2ccccc2O)n1. The number of aryl methyl sites for hydroxylation is 1. The van der Waals surface area contributed by atoms with E-state index in [1.807, 2.05) is 6.07 Å². The molecule has 0 atom stereocenters. The number of para-hydroxylation sites is 1. The second-order valence-electron chi connectivity index (χ2n) is 3.30. The van der Waals surface area contributed by atoms with Crippen molar-refractivity contribution < 1.29 is 5.11 Å². The van der Waals surface area contributed by atoms with E-state index in [1.165, 1.54) is 0 Å². The number of phenols is 1. The van der Waals surface area contributed by atoms with Crippen molar-refractivity contribution in [2.24, 2.45) is 0 Å². The normalized spacial score (nSPS) is 10.1. The van der Waals surface area contributed by atoms with Crippen LogP contribution in [-0.2, 0) is 0 Å². The Kier molecular flexibility index (Phi) is 2.68. The van der Waals surface area contributed by atoms with E-state index >= 15 is 0 Å². The predicted octanol–water partition coefficient (Wildman–Crippen LogP) is 1.59. The monoisotopic (exact) mass is 216 g/mol. The fourth-order valence-electron chi connectivity index (χ4n) is 1.38. The molecule has 2 rings (SSSR count). The summed E-state index contributed by atoms with van der Waals surface area (Å²) in [6, 6.07) is 6.95. The second-order valence-corrected chi connectivity index (χ2v) is 3.30.